The van der Waals surface area contributed by atoms with Crippen LogP contribution in [0.2, 0.25) is 0 Å². The molecule has 0 bridgehead atoms. The fraction of sp³-hybridized carbons (Fsp3) is 0.389. The molecular weight excluding hydrogens is 339 g/mol. The van der Waals surface area contributed by atoms with Gasteiger partial charge in [-0.25, -0.2) is 4.39 Å². The highest BCUT2D eigenvalue weighted by Crippen LogP contribution is 2.16. The van der Waals surface area contributed by atoms with E-state index in [1.807, 2.05) is 13.8 Å². The molecule has 138 valence electrons. The van der Waals surface area contributed by atoms with Gasteiger partial charge >= 0.3 is 0 Å². The van der Waals surface area contributed by atoms with Gasteiger partial charge in [0.1, 0.15) is 17.3 Å². The highest BCUT2D eigenvalue weighted by atomic mass is 19.1. The topological polar surface area (TPSA) is 85.3 Å². The normalized spacial score (nSPS) is 15.6. The van der Waals surface area contributed by atoms with Gasteiger partial charge in [0.25, 0.3) is 11.8 Å². The standard InChI is InChI=1S/C18H21FN4O3/c1-11(2)20-18(25)16-8-14-7-13(9-23(14)22-16)21-17(24)10-26-15-5-3-12(19)4-6-15/h3-6,8,11,13H,7,9-10H2,1-2H3,(H,20,25)(H,21,24)/t13-/m0/s1. The van der Waals surface area contributed by atoms with Crippen LogP contribution in [-0.4, -0.2) is 40.3 Å². The largest absolute Gasteiger partial charge is 0.484 e. The van der Waals surface area contributed by atoms with E-state index in [-0.39, 0.29) is 36.3 Å². The third-order valence-corrected chi connectivity index (χ3v) is 3.91. The second-order valence-corrected chi connectivity index (χ2v) is 6.54. The van der Waals surface area contributed by atoms with Crippen molar-refractivity contribution in [3.05, 3.63) is 47.5 Å². The Balaban J connectivity index is 1.47. The highest BCUT2D eigenvalue weighted by Gasteiger charge is 2.26. The molecule has 2 heterocycles. The lowest BCUT2D eigenvalue weighted by molar-refractivity contribution is -0.123. The number of carbonyl (C=O) groups excluding carboxylic acids is 2. The van der Waals surface area contributed by atoms with E-state index in [4.69, 9.17) is 4.74 Å². The molecule has 2 amide bonds. The molecule has 0 saturated carbocycles. The number of amides is 2. The number of hydrogen-bond acceptors (Lipinski definition) is 4. The second-order valence-electron chi connectivity index (χ2n) is 6.54. The van der Waals surface area contributed by atoms with Crippen LogP contribution < -0.4 is 15.4 Å². The summed E-state index contributed by atoms with van der Waals surface area (Å²) < 4.78 is 19.9. The minimum absolute atomic E-state index is 0.0483. The molecule has 1 aromatic carbocycles. The minimum Gasteiger partial charge on any atom is -0.484 e. The Morgan fingerprint density at radius 2 is 2.08 bits per heavy atom. The Kier molecular flexibility index (Phi) is 5.20. The number of carbonyl (C=O) groups is 2. The summed E-state index contributed by atoms with van der Waals surface area (Å²) in [5, 5.41) is 9.97. The maximum Gasteiger partial charge on any atom is 0.271 e. The van der Waals surface area contributed by atoms with E-state index in [9.17, 15) is 14.0 Å². The first-order valence-electron chi connectivity index (χ1n) is 8.46. The summed E-state index contributed by atoms with van der Waals surface area (Å²) in [6, 6.07) is 7.19. The maximum atomic E-state index is 12.8. The third kappa shape index (κ3) is 4.38. The molecule has 26 heavy (non-hydrogen) atoms. The molecule has 7 nitrogen and oxygen atoms in total. The van der Waals surface area contributed by atoms with Crippen molar-refractivity contribution in [1.29, 1.82) is 0 Å². The number of benzene rings is 1. The fourth-order valence-electron chi connectivity index (χ4n) is 2.80. The number of ether oxygens (including phenoxy) is 1. The van der Waals surface area contributed by atoms with Gasteiger partial charge in [-0.2, -0.15) is 5.10 Å². The van der Waals surface area contributed by atoms with E-state index in [1.165, 1.54) is 24.3 Å². The molecule has 0 spiro atoms. The lowest BCUT2D eigenvalue weighted by atomic mass is 10.2. The van der Waals surface area contributed by atoms with Gasteiger partial charge in [-0.05, 0) is 44.2 Å². The zero-order valence-electron chi connectivity index (χ0n) is 14.7. The van der Waals surface area contributed by atoms with Crippen molar-refractivity contribution in [2.45, 2.75) is 38.9 Å². The van der Waals surface area contributed by atoms with E-state index in [1.54, 1.807) is 10.7 Å². The lowest BCUT2D eigenvalue weighted by Crippen LogP contribution is -2.39. The Bertz CT molecular complexity index is 778. The molecule has 2 aromatic rings. The first-order chi connectivity index (χ1) is 12.4. The van der Waals surface area contributed by atoms with E-state index in [2.05, 4.69) is 15.7 Å². The number of fused-ring (bicyclic) bond motifs is 1. The molecule has 8 heteroatoms. The number of aromatic nitrogens is 2. The number of rotatable bonds is 6. The molecule has 0 unspecified atom stereocenters. The van der Waals surface area contributed by atoms with Crippen LogP contribution in [0.1, 0.15) is 30.0 Å². The predicted molar refractivity (Wildman–Crippen MR) is 92.4 cm³/mol. The van der Waals surface area contributed by atoms with Gasteiger partial charge in [0.2, 0.25) is 0 Å². The predicted octanol–water partition coefficient (Wildman–Crippen LogP) is 1.28. The van der Waals surface area contributed by atoms with Crippen LogP contribution in [0.15, 0.2) is 30.3 Å². The van der Waals surface area contributed by atoms with Crippen LogP contribution in [0.5, 0.6) is 5.75 Å². The number of nitrogens with one attached hydrogen (secondary N) is 2. The average molecular weight is 360 g/mol. The van der Waals surface area contributed by atoms with Gasteiger partial charge in [0.05, 0.1) is 12.6 Å². The monoisotopic (exact) mass is 360 g/mol. The van der Waals surface area contributed by atoms with E-state index in [0.717, 1.165) is 5.69 Å². The van der Waals surface area contributed by atoms with Gasteiger partial charge in [-0.3, -0.25) is 14.3 Å². The van der Waals surface area contributed by atoms with Crippen molar-refractivity contribution in [3.63, 3.8) is 0 Å². The van der Waals surface area contributed by atoms with Crippen LogP contribution in [0.4, 0.5) is 4.39 Å². The van der Waals surface area contributed by atoms with Gasteiger partial charge in [0, 0.05) is 18.2 Å². The van der Waals surface area contributed by atoms with E-state index < -0.39 is 0 Å². The van der Waals surface area contributed by atoms with Crippen LogP contribution in [-0.2, 0) is 17.8 Å². The van der Waals surface area contributed by atoms with Crippen LogP contribution >= 0.6 is 0 Å². The fourth-order valence-corrected chi connectivity index (χ4v) is 2.80. The quantitative estimate of drug-likeness (QED) is 0.813. The molecular formula is C18H21FN4O3. The van der Waals surface area contributed by atoms with Crippen molar-refractivity contribution in [1.82, 2.24) is 20.4 Å². The SMILES string of the molecule is CC(C)NC(=O)c1cc2n(n1)C[C@@H](NC(=O)COc1ccc(F)cc1)C2. The Morgan fingerprint density at radius 3 is 2.73 bits per heavy atom. The molecule has 1 aliphatic rings. The van der Waals surface area contributed by atoms with Gasteiger partial charge < -0.3 is 15.4 Å². The summed E-state index contributed by atoms with van der Waals surface area (Å²) in [4.78, 5) is 24.0. The molecule has 1 aromatic heterocycles. The summed E-state index contributed by atoms with van der Waals surface area (Å²) >= 11 is 0. The molecule has 2 N–H and O–H groups in total. The van der Waals surface area contributed by atoms with E-state index in [0.29, 0.717) is 24.4 Å². The van der Waals surface area contributed by atoms with Crippen LogP contribution in [0, 0.1) is 5.82 Å². The van der Waals surface area contributed by atoms with Crippen molar-refractivity contribution in [2.75, 3.05) is 6.61 Å². The second kappa shape index (κ2) is 7.55. The number of nitrogens with zero attached hydrogens (tertiary/aromatic N) is 2. The van der Waals surface area contributed by atoms with Crippen molar-refractivity contribution in [3.8, 4) is 5.75 Å². The van der Waals surface area contributed by atoms with Crippen molar-refractivity contribution >= 4 is 11.8 Å². The smallest absolute Gasteiger partial charge is 0.271 e. The first-order valence-corrected chi connectivity index (χ1v) is 8.46. The number of hydrogen-bond donors (Lipinski definition) is 2. The summed E-state index contributed by atoms with van der Waals surface area (Å²) in [6.45, 7) is 4.14. The minimum atomic E-state index is -0.358. The molecule has 1 atom stereocenters. The first kappa shape index (κ1) is 17.9. The summed E-state index contributed by atoms with van der Waals surface area (Å²) in [6.07, 6.45) is 0.601. The molecule has 0 saturated heterocycles. The van der Waals surface area contributed by atoms with Crippen LogP contribution in [0.3, 0.4) is 0 Å². The average Bonchev–Trinajstić information content (AvgIpc) is 3.12. The van der Waals surface area contributed by atoms with E-state index >= 15 is 0 Å². The van der Waals surface area contributed by atoms with Gasteiger partial charge in [0.15, 0.2) is 6.61 Å². The maximum absolute atomic E-state index is 12.8. The summed E-state index contributed by atoms with van der Waals surface area (Å²) in [7, 11) is 0. The highest BCUT2D eigenvalue weighted by molar-refractivity contribution is 5.92. The molecule has 0 radical (unpaired) electrons. The zero-order chi connectivity index (χ0) is 18.7. The number of halogens is 1. The molecule has 0 aliphatic carbocycles. The van der Waals surface area contributed by atoms with Crippen molar-refractivity contribution in [2.24, 2.45) is 0 Å². The van der Waals surface area contributed by atoms with Crippen LogP contribution in [0.25, 0.3) is 0 Å². The summed E-state index contributed by atoms with van der Waals surface area (Å²) in [5.74, 6) is -0.386. The Hall–Kier alpha value is -2.90. The van der Waals surface area contributed by atoms with Crippen molar-refractivity contribution < 1.29 is 18.7 Å². The molecule has 3 rings (SSSR count). The molecule has 1 aliphatic heterocycles. The van der Waals surface area contributed by atoms with Gasteiger partial charge in [-0.15, -0.1) is 0 Å². The summed E-state index contributed by atoms with van der Waals surface area (Å²) in [5.41, 5.74) is 1.29. The lowest BCUT2D eigenvalue weighted by Gasteiger charge is -2.12. The molecule has 0 fully saturated rings. The Morgan fingerprint density at radius 1 is 1.35 bits per heavy atom. The van der Waals surface area contributed by atoms with Gasteiger partial charge in [-0.1, -0.05) is 0 Å². The third-order valence-electron chi connectivity index (χ3n) is 3.91. The Labute approximate surface area is 150 Å². The zero-order valence-corrected chi connectivity index (χ0v) is 14.7.